The number of carbonyl (C=O) groups is 2. The average molecular weight is 437 g/mol. The first-order valence-corrected chi connectivity index (χ1v) is 10.9. The van der Waals surface area contributed by atoms with Gasteiger partial charge in [0.25, 0.3) is 11.8 Å². The third-order valence-corrected chi connectivity index (χ3v) is 6.53. The zero-order valence-corrected chi connectivity index (χ0v) is 18.2. The second-order valence-electron chi connectivity index (χ2n) is 9.10. The molecule has 5 N–H and O–H groups in total. The third kappa shape index (κ3) is 5.27. The van der Waals surface area contributed by atoms with E-state index in [-0.39, 0.29) is 11.7 Å². The van der Waals surface area contributed by atoms with Crippen molar-refractivity contribution in [3.05, 3.63) is 24.0 Å². The van der Waals surface area contributed by atoms with Gasteiger partial charge in [0, 0.05) is 31.7 Å². The molecule has 8 nitrogen and oxygen atoms in total. The summed E-state index contributed by atoms with van der Waals surface area (Å²) in [5.41, 5.74) is 6.49. The van der Waals surface area contributed by atoms with Gasteiger partial charge >= 0.3 is 0 Å². The summed E-state index contributed by atoms with van der Waals surface area (Å²) in [6.07, 6.45) is -0.347. The van der Waals surface area contributed by atoms with Gasteiger partial charge in [-0.05, 0) is 63.6 Å². The Balaban J connectivity index is 1.55. The third-order valence-electron chi connectivity index (χ3n) is 6.53. The Bertz CT molecular complexity index is 805. The number of hydrogen-bond donors (Lipinski definition) is 4. The van der Waals surface area contributed by atoms with Crippen LogP contribution in [0, 0.1) is 11.7 Å². The highest BCUT2D eigenvalue weighted by Crippen LogP contribution is 2.33. The molecule has 2 atom stereocenters. The van der Waals surface area contributed by atoms with E-state index in [1.54, 1.807) is 6.07 Å². The highest BCUT2D eigenvalue weighted by molar-refractivity contribution is 5.91. The van der Waals surface area contributed by atoms with Crippen molar-refractivity contribution in [2.75, 3.05) is 36.8 Å². The maximum Gasteiger partial charge on any atom is 0.254 e. The number of halogens is 1. The molecular formula is C22H33FN4O4. The van der Waals surface area contributed by atoms with E-state index in [1.165, 1.54) is 17.0 Å². The summed E-state index contributed by atoms with van der Waals surface area (Å²) in [6.45, 7) is 6.20. The van der Waals surface area contributed by atoms with Crippen molar-refractivity contribution in [1.29, 1.82) is 0 Å². The fourth-order valence-corrected chi connectivity index (χ4v) is 4.55. The Kier molecular flexibility index (Phi) is 7.06. The number of aliphatic hydroxyl groups is 2. The molecule has 3 rings (SSSR count). The molecule has 0 spiro atoms. The standard InChI is InChI=1S/C22H33FN4O4/c1-22(2,25-20(30)18(28)19(29)21(31)27-9-3-4-10-27)14-7-11-26(12-8-14)17-6-5-15(23)13-16(17)24/h5-6,13-14,18-19,28-29H,3-4,7-12,24H2,1-2H3,(H,25,30)/t18-,19-/m1/s1. The van der Waals surface area contributed by atoms with Crippen molar-refractivity contribution in [1.82, 2.24) is 10.2 Å². The normalized spacial score (nSPS) is 19.9. The predicted octanol–water partition coefficient (Wildman–Crippen LogP) is 0.863. The first-order valence-electron chi connectivity index (χ1n) is 10.9. The lowest BCUT2D eigenvalue weighted by molar-refractivity contribution is -0.153. The Morgan fingerprint density at radius 1 is 1.13 bits per heavy atom. The minimum absolute atomic E-state index is 0.119. The summed E-state index contributed by atoms with van der Waals surface area (Å²) < 4.78 is 13.3. The van der Waals surface area contributed by atoms with Gasteiger partial charge in [-0.15, -0.1) is 0 Å². The van der Waals surface area contributed by atoms with Crippen LogP contribution in [0.1, 0.15) is 39.5 Å². The Morgan fingerprint density at radius 2 is 1.74 bits per heavy atom. The van der Waals surface area contributed by atoms with E-state index in [9.17, 15) is 24.2 Å². The van der Waals surface area contributed by atoms with E-state index in [4.69, 9.17) is 5.73 Å². The van der Waals surface area contributed by atoms with Crippen LogP contribution in [0.15, 0.2) is 18.2 Å². The lowest BCUT2D eigenvalue weighted by atomic mass is 9.80. The molecule has 2 heterocycles. The van der Waals surface area contributed by atoms with Crippen molar-refractivity contribution in [2.24, 2.45) is 5.92 Å². The molecule has 31 heavy (non-hydrogen) atoms. The van der Waals surface area contributed by atoms with E-state index in [1.807, 2.05) is 13.8 Å². The number of benzene rings is 1. The number of aliphatic hydroxyl groups excluding tert-OH is 2. The van der Waals surface area contributed by atoms with Gasteiger partial charge in [-0.2, -0.15) is 0 Å². The molecular weight excluding hydrogens is 403 g/mol. The van der Waals surface area contributed by atoms with Gasteiger partial charge in [0.15, 0.2) is 12.2 Å². The summed E-state index contributed by atoms with van der Waals surface area (Å²) >= 11 is 0. The molecule has 172 valence electrons. The highest BCUT2D eigenvalue weighted by Gasteiger charge is 2.39. The zero-order valence-electron chi connectivity index (χ0n) is 18.2. The second-order valence-corrected chi connectivity index (χ2v) is 9.10. The van der Waals surface area contributed by atoms with Gasteiger partial charge in [0.2, 0.25) is 0 Å². The molecule has 0 aliphatic carbocycles. The van der Waals surface area contributed by atoms with Gasteiger partial charge in [-0.25, -0.2) is 4.39 Å². The SMILES string of the molecule is CC(C)(NC(=O)[C@H](O)[C@@H](O)C(=O)N1CCCC1)C1CCN(c2ccc(F)cc2N)CC1. The van der Waals surface area contributed by atoms with E-state index in [0.29, 0.717) is 31.9 Å². The van der Waals surface area contributed by atoms with Crippen LogP contribution in [0.3, 0.4) is 0 Å². The van der Waals surface area contributed by atoms with Crippen LogP contribution in [-0.4, -0.2) is 70.9 Å². The summed E-state index contributed by atoms with van der Waals surface area (Å²) in [7, 11) is 0. The molecule has 0 aromatic heterocycles. The van der Waals surface area contributed by atoms with Crippen LogP contribution < -0.4 is 16.0 Å². The van der Waals surface area contributed by atoms with Crippen molar-refractivity contribution in [3.63, 3.8) is 0 Å². The fraction of sp³-hybridized carbons (Fsp3) is 0.636. The maximum atomic E-state index is 13.3. The highest BCUT2D eigenvalue weighted by atomic mass is 19.1. The molecule has 0 radical (unpaired) electrons. The second kappa shape index (κ2) is 9.40. The molecule has 2 saturated heterocycles. The minimum Gasteiger partial charge on any atom is -0.397 e. The van der Waals surface area contributed by atoms with E-state index in [2.05, 4.69) is 10.2 Å². The Hall–Kier alpha value is -2.39. The number of carbonyl (C=O) groups excluding carboxylic acids is 2. The van der Waals surface area contributed by atoms with Gasteiger partial charge < -0.3 is 31.1 Å². The van der Waals surface area contributed by atoms with E-state index >= 15 is 0 Å². The van der Waals surface area contributed by atoms with Crippen LogP contribution in [0.25, 0.3) is 0 Å². The van der Waals surface area contributed by atoms with Crippen LogP contribution in [0.4, 0.5) is 15.8 Å². The number of anilines is 2. The molecule has 0 bridgehead atoms. The average Bonchev–Trinajstić information content (AvgIpc) is 3.27. The van der Waals surface area contributed by atoms with Gasteiger partial charge in [0.05, 0.1) is 11.4 Å². The first-order chi connectivity index (χ1) is 14.6. The smallest absolute Gasteiger partial charge is 0.254 e. The number of nitrogen functional groups attached to an aromatic ring is 1. The predicted molar refractivity (Wildman–Crippen MR) is 116 cm³/mol. The Labute approximate surface area is 182 Å². The molecule has 0 unspecified atom stereocenters. The first kappa shape index (κ1) is 23.3. The van der Waals surface area contributed by atoms with Crippen LogP contribution >= 0.6 is 0 Å². The minimum atomic E-state index is -1.81. The summed E-state index contributed by atoms with van der Waals surface area (Å²) in [5, 5.41) is 23.3. The summed E-state index contributed by atoms with van der Waals surface area (Å²) in [6, 6.07) is 4.37. The molecule has 2 aliphatic rings. The fourth-order valence-electron chi connectivity index (χ4n) is 4.55. The Morgan fingerprint density at radius 3 is 2.32 bits per heavy atom. The van der Waals surface area contributed by atoms with E-state index in [0.717, 1.165) is 31.4 Å². The largest absolute Gasteiger partial charge is 0.397 e. The van der Waals surface area contributed by atoms with Crippen molar-refractivity contribution < 1.29 is 24.2 Å². The number of hydrogen-bond acceptors (Lipinski definition) is 6. The summed E-state index contributed by atoms with van der Waals surface area (Å²) in [4.78, 5) is 28.4. The zero-order chi connectivity index (χ0) is 22.8. The molecule has 1 aromatic rings. The molecule has 9 heteroatoms. The van der Waals surface area contributed by atoms with Crippen LogP contribution in [0.5, 0.6) is 0 Å². The number of nitrogens with one attached hydrogen (secondary N) is 1. The monoisotopic (exact) mass is 436 g/mol. The topological polar surface area (TPSA) is 119 Å². The van der Waals surface area contributed by atoms with Gasteiger partial charge in [0.1, 0.15) is 5.82 Å². The number of likely N-dealkylation sites (tertiary alicyclic amines) is 1. The lowest BCUT2D eigenvalue weighted by Gasteiger charge is -2.42. The van der Waals surface area contributed by atoms with Crippen molar-refractivity contribution >= 4 is 23.2 Å². The van der Waals surface area contributed by atoms with Crippen LogP contribution in [0.2, 0.25) is 0 Å². The maximum absolute atomic E-state index is 13.3. The quantitative estimate of drug-likeness (QED) is 0.491. The van der Waals surface area contributed by atoms with Gasteiger partial charge in [-0.1, -0.05) is 0 Å². The van der Waals surface area contributed by atoms with Crippen LogP contribution in [-0.2, 0) is 9.59 Å². The molecule has 0 saturated carbocycles. The van der Waals surface area contributed by atoms with Crippen molar-refractivity contribution in [3.8, 4) is 0 Å². The number of rotatable bonds is 6. The van der Waals surface area contributed by atoms with E-state index < -0.39 is 29.6 Å². The summed E-state index contributed by atoms with van der Waals surface area (Å²) in [5.74, 6) is -1.62. The number of amides is 2. The molecule has 1 aromatic carbocycles. The number of nitrogens with zero attached hydrogens (tertiary/aromatic N) is 2. The van der Waals surface area contributed by atoms with Gasteiger partial charge in [-0.3, -0.25) is 9.59 Å². The van der Waals surface area contributed by atoms with Crippen molar-refractivity contribution in [2.45, 2.75) is 57.3 Å². The number of piperidine rings is 1. The molecule has 2 fully saturated rings. The lowest BCUT2D eigenvalue weighted by Crippen LogP contribution is -2.58. The molecule has 2 amide bonds. The number of nitrogens with two attached hydrogens (primary N) is 1. The molecule has 2 aliphatic heterocycles.